The summed E-state index contributed by atoms with van der Waals surface area (Å²) in [7, 11) is 1.61. The van der Waals surface area contributed by atoms with Gasteiger partial charge < -0.3 is 24.8 Å². The van der Waals surface area contributed by atoms with E-state index in [9.17, 15) is 9.59 Å². The Morgan fingerprint density at radius 3 is 2.66 bits per heavy atom. The van der Waals surface area contributed by atoms with Gasteiger partial charge in [-0.1, -0.05) is 23.9 Å². The number of fused-ring (bicyclic) bond motifs is 1. The molecule has 0 spiro atoms. The van der Waals surface area contributed by atoms with Crippen LogP contribution in [0, 0.1) is 0 Å². The number of benzene rings is 2. The third-order valence-corrected chi connectivity index (χ3v) is 7.18. The lowest BCUT2D eigenvalue weighted by Gasteiger charge is -2.28. The quantitative estimate of drug-likeness (QED) is 0.306. The summed E-state index contributed by atoms with van der Waals surface area (Å²) in [5, 5.41) is 11.6. The van der Waals surface area contributed by atoms with E-state index in [-0.39, 0.29) is 18.0 Å². The van der Waals surface area contributed by atoms with E-state index in [1.807, 2.05) is 31.2 Å². The van der Waals surface area contributed by atoms with Crippen LogP contribution in [0.25, 0.3) is 0 Å². The lowest BCUT2D eigenvalue weighted by Crippen LogP contribution is -2.31. The lowest BCUT2D eigenvalue weighted by atomic mass is 9.94. The predicted octanol–water partition coefficient (Wildman–Crippen LogP) is 4.27. The normalized spacial score (nSPS) is 17.2. The number of methoxy groups -OCH3 is 1. The van der Waals surface area contributed by atoms with E-state index in [2.05, 4.69) is 15.6 Å². The highest BCUT2D eigenvalue weighted by molar-refractivity contribution is 7.99. The van der Waals surface area contributed by atoms with Crippen molar-refractivity contribution < 1.29 is 23.8 Å². The number of anilines is 2. The number of amides is 1. The molecule has 11 heteroatoms. The van der Waals surface area contributed by atoms with E-state index in [0.29, 0.717) is 52.6 Å². The molecule has 0 aliphatic carbocycles. The predicted molar refractivity (Wildman–Crippen MR) is 144 cm³/mol. The smallest absolute Gasteiger partial charge is 0.255 e. The van der Waals surface area contributed by atoms with Gasteiger partial charge in [-0.3, -0.25) is 9.59 Å². The third kappa shape index (κ3) is 5.59. The van der Waals surface area contributed by atoms with Crippen molar-refractivity contribution in [2.24, 2.45) is 0 Å². The summed E-state index contributed by atoms with van der Waals surface area (Å²) in [5.41, 5.74) is 3.16. The Balaban J connectivity index is 1.43. The van der Waals surface area contributed by atoms with Gasteiger partial charge in [0, 0.05) is 29.1 Å². The second kappa shape index (κ2) is 11.4. The first kappa shape index (κ1) is 26.0. The van der Waals surface area contributed by atoms with Crippen molar-refractivity contribution in [3.63, 3.8) is 0 Å². The topological polar surface area (TPSA) is 117 Å². The molecule has 1 saturated heterocycles. The molecule has 2 aliphatic rings. The standard InChI is InChI=1S/C27H29N5O5S/c1-16-23(25(34)29-20-9-7-18(8-10-20)17(2)33)24(19-5-4-6-21(15-19)35-3)32-26(28-16)30-27(31-32)38-14-11-22-36-12-13-37-22/h4-10,15,22,24H,11-14H2,1-3H3,(H,29,34)(H,28,30,31). The number of ether oxygens (including phenoxy) is 3. The number of nitrogens with zero attached hydrogens (tertiary/aromatic N) is 3. The maximum atomic E-state index is 13.7. The van der Waals surface area contributed by atoms with E-state index in [4.69, 9.17) is 19.3 Å². The molecule has 198 valence electrons. The number of Topliss-reactive ketones (excluding diaryl/α,β-unsaturated/α-hetero) is 1. The van der Waals surface area contributed by atoms with Gasteiger partial charge in [-0.15, -0.1) is 5.10 Å². The Hall–Kier alpha value is -3.67. The molecule has 1 aromatic heterocycles. The number of allylic oxidation sites excluding steroid dienone is 1. The summed E-state index contributed by atoms with van der Waals surface area (Å²) < 4.78 is 18.2. The van der Waals surface area contributed by atoms with Gasteiger partial charge >= 0.3 is 0 Å². The highest BCUT2D eigenvalue weighted by Crippen LogP contribution is 2.37. The van der Waals surface area contributed by atoms with E-state index >= 15 is 0 Å². The first-order valence-corrected chi connectivity index (χ1v) is 13.3. The van der Waals surface area contributed by atoms with Crippen LogP contribution in [0.15, 0.2) is 65.0 Å². The summed E-state index contributed by atoms with van der Waals surface area (Å²) in [6, 6.07) is 13.9. The minimum Gasteiger partial charge on any atom is -0.497 e. The molecule has 2 N–H and O–H groups in total. The monoisotopic (exact) mass is 535 g/mol. The number of thioether (sulfide) groups is 1. The van der Waals surface area contributed by atoms with Gasteiger partial charge in [0.25, 0.3) is 5.91 Å². The van der Waals surface area contributed by atoms with Gasteiger partial charge in [-0.25, -0.2) is 4.68 Å². The molecule has 0 bridgehead atoms. The first-order valence-electron chi connectivity index (χ1n) is 12.3. The van der Waals surface area contributed by atoms with Gasteiger partial charge in [0.2, 0.25) is 11.1 Å². The zero-order valence-corrected chi connectivity index (χ0v) is 22.2. The Kier molecular flexibility index (Phi) is 7.77. The molecular formula is C27H29N5O5S. The van der Waals surface area contributed by atoms with E-state index in [1.165, 1.54) is 18.7 Å². The second-order valence-electron chi connectivity index (χ2n) is 8.90. The number of carbonyl (C=O) groups is 2. The molecule has 2 aliphatic heterocycles. The fourth-order valence-electron chi connectivity index (χ4n) is 4.41. The molecule has 0 radical (unpaired) electrons. The summed E-state index contributed by atoms with van der Waals surface area (Å²) in [6.07, 6.45) is 0.542. The minimum atomic E-state index is -0.541. The highest BCUT2D eigenvalue weighted by Gasteiger charge is 2.34. The highest BCUT2D eigenvalue weighted by atomic mass is 32.2. The van der Waals surface area contributed by atoms with Crippen molar-refractivity contribution >= 4 is 35.1 Å². The fourth-order valence-corrected chi connectivity index (χ4v) is 5.20. The van der Waals surface area contributed by atoms with Gasteiger partial charge in [-0.2, -0.15) is 4.98 Å². The molecule has 10 nitrogen and oxygen atoms in total. The Morgan fingerprint density at radius 2 is 1.95 bits per heavy atom. The van der Waals surface area contributed by atoms with Gasteiger partial charge in [0.1, 0.15) is 11.8 Å². The first-order chi connectivity index (χ1) is 18.4. The second-order valence-corrected chi connectivity index (χ2v) is 9.96. The molecule has 38 heavy (non-hydrogen) atoms. The number of hydrogen-bond acceptors (Lipinski definition) is 9. The van der Waals surface area contributed by atoms with Crippen molar-refractivity contribution in [1.82, 2.24) is 14.8 Å². The SMILES string of the molecule is COc1cccc(C2C(C(=O)Nc3ccc(C(C)=O)cc3)=C(C)Nc3nc(SCCC4OCCO4)nn32)c1. The van der Waals surface area contributed by atoms with Crippen molar-refractivity contribution in [3.05, 3.63) is 70.9 Å². The number of aromatic nitrogens is 3. The van der Waals surface area contributed by atoms with E-state index in [0.717, 1.165) is 17.7 Å². The average Bonchev–Trinajstić information content (AvgIpc) is 3.58. The van der Waals surface area contributed by atoms with Crippen LogP contribution in [0.3, 0.4) is 0 Å². The summed E-state index contributed by atoms with van der Waals surface area (Å²) in [6.45, 7) is 4.59. The zero-order valence-electron chi connectivity index (χ0n) is 21.4. The molecule has 3 aromatic rings. The summed E-state index contributed by atoms with van der Waals surface area (Å²) >= 11 is 1.51. The van der Waals surface area contributed by atoms with E-state index < -0.39 is 6.04 Å². The van der Waals surface area contributed by atoms with Crippen molar-refractivity contribution in [3.8, 4) is 5.75 Å². The average molecular weight is 536 g/mol. The van der Waals surface area contributed by atoms with Crippen molar-refractivity contribution in [2.75, 3.05) is 36.7 Å². The number of nitrogens with one attached hydrogen (secondary N) is 2. The molecule has 3 heterocycles. The lowest BCUT2D eigenvalue weighted by molar-refractivity contribution is -0.113. The molecule has 1 fully saturated rings. The molecule has 5 rings (SSSR count). The molecule has 0 saturated carbocycles. The van der Waals surface area contributed by atoms with Gasteiger partial charge in [0.15, 0.2) is 12.1 Å². The van der Waals surface area contributed by atoms with Crippen LogP contribution >= 0.6 is 11.8 Å². The minimum absolute atomic E-state index is 0.0355. The van der Waals surface area contributed by atoms with Crippen LogP contribution in [0.2, 0.25) is 0 Å². The molecular weight excluding hydrogens is 506 g/mol. The molecule has 1 amide bonds. The number of carbonyl (C=O) groups excluding carboxylic acids is 2. The van der Waals surface area contributed by atoms with Crippen molar-refractivity contribution in [2.45, 2.75) is 37.8 Å². The third-order valence-electron chi connectivity index (χ3n) is 6.31. The number of hydrogen-bond donors (Lipinski definition) is 2. The summed E-state index contributed by atoms with van der Waals surface area (Å²) in [4.78, 5) is 30.0. The number of rotatable bonds is 9. The van der Waals surface area contributed by atoms with E-state index in [1.54, 1.807) is 36.1 Å². The van der Waals surface area contributed by atoms with Gasteiger partial charge in [0.05, 0.1) is 25.9 Å². The molecule has 2 aromatic carbocycles. The molecule has 1 atom stereocenters. The Bertz CT molecular complexity index is 1360. The number of ketones is 1. The zero-order chi connectivity index (χ0) is 26.6. The summed E-state index contributed by atoms with van der Waals surface area (Å²) in [5.74, 6) is 1.63. The fraction of sp³-hybridized carbons (Fsp3) is 0.333. The Morgan fingerprint density at radius 1 is 1.18 bits per heavy atom. The maximum Gasteiger partial charge on any atom is 0.255 e. The van der Waals surface area contributed by atoms with Crippen LogP contribution in [-0.2, 0) is 14.3 Å². The van der Waals surface area contributed by atoms with Crippen LogP contribution < -0.4 is 15.4 Å². The van der Waals surface area contributed by atoms with Crippen LogP contribution in [0.4, 0.5) is 11.6 Å². The Labute approximate surface area is 224 Å². The van der Waals surface area contributed by atoms with Crippen LogP contribution in [-0.4, -0.2) is 58.8 Å². The van der Waals surface area contributed by atoms with Crippen LogP contribution in [0.1, 0.15) is 42.2 Å². The largest absolute Gasteiger partial charge is 0.497 e. The van der Waals surface area contributed by atoms with Gasteiger partial charge in [-0.05, 0) is 55.8 Å². The maximum absolute atomic E-state index is 13.7. The van der Waals surface area contributed by atoms with Crippen LogP contribution in [0.5, 0.6) is 5.75 Å². The molecule has 1 unspecified atom stereocenters. The van der Waals surface area contributed by atoms with Crippen molar-refractivity contribution in [1.29, 1.82) is 0 Å².